The molecule has 2 heterocycles. The van der Waals surface area contributed by atoms with E-state index in [0.29, 0.717) is 28.8 Å². The average molecular weight is 591 g/mol. The SMILES string of the molecule is CCn1c2ccc(C(=O)/C(=N/OC(=O)n3ccnc3)c3ccccc3)cc2c2cc(C(=O)c3cccc4ccccc34)ccc21. The first-order chi connectivity index (χ1) is 22.0. The molecule has 8 heteroatoms. The topological polar surface area (TPSA) is 95.6 Å². The maximum Gasteiger partial charge on any atom is 0.445 e. The lowest BCUT2D eigenvalue weighted by molar-refractivity contribution is 0.103. The van der Waals surface area contributed by atoms with Gasteiger partial charge in [-0.3, -0.25) is 14.4 Å². The van der Waals surface area contributed by atoms with Gasteiger partial charge < -0.3 is 4.57 Å². The zero-order valence-corrected chi connectivity index (χ0v) is 24.3. The highest BCUT2D eigenvalue weighted by molar-refractivity contribution is 6.51. The van der Waals surface area contributed by atoms with E-state index in [4.69, 9.17) is 4.84 Å². The Bertz CT molecular complexity index is 2280. The largest absolute Gasteiger partial charge is 0.445 e. The normalized spacial score (nSPS) is 11.7. The van der Waals surface area contributed by atoms with Crippen molar-refractivity contribution in [3.05, 3.63) is 150 Å². The Morgan fingerprint density at radius 3 is 2.16 bits per heavy atom. The van der Waals surface area contributed by atoms with Crippen molar-refractivity contribution in [3.8, 4) is 0 Å². The second kappa shape index (κ2) is 11.5. The fourth-order valence-electron chi connectivity index (χ4n) is 5.76. The summed E-state index contributed by atoms with van der Waals surface area (Å²) in [5.41, 5.74) is 3.93. The number of fused-ring (bicyclic) bond motifs is 4. The molecule has 2 aromatic heterocycles. The number of hydrogen-bond acceptors (Lipinski definition) is 6. The van der Waals surface area contributed by atoms with Crippen LogP contribution in [0, 0.1) is 0 Å². The summed E-state index contributed by atoms with van der Waals surface area (Å²) in [6, 6.07) is 33.6. The fourth-order valence-corrected chi connectivity index (χ4v) is 5.76. The van der Waals surface area contributed by atoms with Gasteiger partial charge in [-0.05, 0) is 54.1 Å². The monoisotopic (exact) mass is 590 g/mol. The number of benzene rings is 5. The highest BCUT2D eigenvalue weighted by atomic mass is 16.7. The summed E-state index contributed by atoms with van der Waals surface area (Å²) in [6.07, 6.45) is 3.37. The van der Waals surface area contributed by atoms with Crippen LogP contribution in [0.4, 0.5) is 4.79 Å². The summed E-state index contributed by atoms with van der Waals surface area (Å²) in [4.78, 5) is 49.3. The Kier molecular flexibility index (Phi) is 7.07. The number of aryl methyl sites for hydroxylation is 1. The third kappa shape index (κ3) is 4.98. The zero-order valence-electron chi connectivity index (χ0n) is 24.3. The van der Waals surface area contributed by atoms with Gasteiger partial charge in [-0.15, -0.1) is 0 Å². The Morgan fingerprint density at radius 2 is 1.42 bits per heavy atom. The van der Waals surface area contributed by atoms with Gasteiger partial charge in [-0.25, -0.2) is 14.3 Å². The predicted octanol–water partition coefficient (Wildman–Crippen LogP) is 7.67. The minimum Gasteiger partial charge on any atom is -0.341 e. The van der Waals surface area contributed by atoms with Crippen LogP contribution in [0.1, 0.15) is 38.8 Å². The van der Waals surface area contributed by atoms with Crippen LogP contribution in [0.5, 0.6) is 0 Å². The molecule has 0 atom stereocenters. The Balaban J connectivity index is 1.32. The molecule has 0 amide bonds. The molecule has 218 valence electrons. The summed E-state index contributed by atoms with van der Waals surface area (Å²) in [6.45, 7) is 2.76. The molecule has 0 bridgehead atoms. The van der Waals surface area contributed by atoms with Crippen molar-refractivity contribution in [1.82, 2.24) is 14.1 Å². The molecule has 7 rings (SSSR count). The van der Waals surface area contributed by atoms with E-state index in [9.17, 15) is 14.4 Å². The van der Waals surface area contributed by atoms with Gasteiger partial charge in [0, 0.05) is 63.0 Å². The van der Waals surface area contributed by atoms with Crippen LogP contribution in [-0.4, -0.2) is 37.5 Å². The molecule has 0 saturated carbocycles. The number of carbonyl (C=O) groups is 3. The lowest BCUT2D eigenvalue weighted by Crippen LogP contribution is -2.18. The summed E-state index contributed by atoms with van der Waals surface area (Å²) in [7, 11) is 0. The van der Waals surface area contributed by atoms with Crippen molar-refractivity contribution < 1.29 is 19.2 Å². The molecule has 7 aromatic rings. The maximum absolute atomic E-state index is 14.0. The standard InChI is InChI=1S/C37H26N4O4/c1-2-41-32-17-15-26(35(42)29-14-8-12-24-9-6-7-13-28(24)29)21-30(32)31-22-27(16-18-33(31)41)36(43)34(25-10-4-3-5-11-25)39-45-37(44)40-20-19-38-23-40/h3-23H,2H2,1H3/b39-34+. The van der Waals surface area contributed by atoms with Gasteiger partial charge in [0.05, 0.1) is 0 Å². The van der Waals surface area contributed by atoms with E-state index in [2.05, 4.69) is 21.6 Å². The predicted molar refractivity (Wildman–Crippen MR) is 174 cm³/mol. The Labute approximate surface area is 257 Å². The van der Waals surface area contributed by atoms with Crippen molar-refractivity contribution in [2.24, 2.45) is 5.16 Å². The molecule has 0 aliphatic carbocycles. The van der Waals surface area contributed by atoms with E-state index in [-0.39, 0.29) is 11.5 Å². The van der Waals surface area contributed by atoms with Gasteiger partial charge in [0.25, 0.3) is 0 Å². The molecule has 8 nitrogen and oxygen atoms in total. The molecule has 0 aliphatic rings. The average Bonchev–Trinajstić information content (AvgIpc) is 3.74. The van der Waals surface area contributed by atoms with Crippen molar-refractivity contribution in [3.63, 3.8) is 0 Å². The van der Waals surface area contributed by atoms with Crippen LogP contribution in [0.3, 0.4) is 0 Å². The van der Waals surface area contributed by atoms with Crippen molar-refractivity contribution in [1.29, 1.82) is 0 Å². The second-order valence-corrected chi connectivity index (χ2v) is 10.5. The number of imidazole rings is 1. The summed E-state index contributed by atoms with van der Waals surface area (Å²) in [5, 5.41) is 7.59. The third-order valence-electron chi connectivity index (χ3n) is 7.93. The van der Waals surface area contributed by atoms with Crippen LogP contribution in [-0.2, 0) is 11.4 Å². The number of oxime groups is 1. The highest BCUT2D eigenvalue weighted by Gasteiger charge is 2.21. The lowest BCUT2D eigenvalue weighted by atomic mass is 9.96. The van der Waals surface area contributed by atoms with Crippen LogP contribution < -0.4 is 0 Å². The summed E-state index contributed by atoms with van der Waals surface area (Å²) >= 11 is 0. The molecule has 0 N–H and O–H groups in total. The van der Waals surface area contributed by atoms with E-state index in [1.165, 1.54) is 18.7 Å². The van der Waals surface area contributed by atoms with E-state index in [1.54, 1.807) is 30.3 Å². The summed E-state index contributed by atoms with van der Waals surface area (Å²) < 4.78 is 3.28. The zero-order chi connectivity index (χ0) is 30.9. The first kappa shape index (κ1) is 27.7. The minimum atomic E-state index is -0.793. The van der Waals surface area contributed by atoms with Crippen LogP contribution in [0.25, 0.3) is 32.6 Å². The highest BCUT2D eigenvalue weighted by Crippen LogP contribution is 2.32. The quantitative estimate of drug-likeness (QED) is 0.0822. The van der Waals surface area contributed by atoms with Crippen LogP contribution in [0.2, 0.25) is 0 Å². The van der Waals surface area contributed by atoms with Crippen molar-refractivity contribution in [2.75, 3.05) is 0 Å². The van der Waals surface area contributed by atoms with Gasteiger partial charge in [0.1, 0.15) is 6.33 Å². The van der Waals surface area contributed by atoms with Gasteiger partial charge in [-0.1, -0.05) is 78.0 Å². The molecule has 0 unspecified atom stereocenters. The second-order valence-electron chi connectivity index (χ2n) is 10.5. The lowest BCUT2D eigenvalue weighted by Gasteiger charge is -2.07. The maximum atomic E-state index is 14.0. The molecule has 0 radical (unpaired) electrons. The fraction of sp³-hybridized carbons (Fsp3) is 0.0541. The van der Waals surface area contributed by atoms with E-state index in [0.717, 1.165) is 37.1 Å². The van der Waals surface area contributed by atoms with Crippen molar-refractivity contribution in [2.45, 2.75) is 13.5 Å². The number of rotatable bonds is 7. The Hall–Kier alpha value is -6.15. The van der Waals surface area contributed by atoms with Gasteiger partial charge >= 0.3 is 6.09 Å². The number of Topliss-reactive ketones (excluding diaryl/α,β-unsaturated/α-hetero) is 1. The van der Waals surface area contributed by atoms with Crippen molar-refractivity contribution >= 4 is 55.9 Å². The van der Waals surface area contributed by atoms with E-state index >= 15 is 0 Å². The van der Waals surface area contributed by atoms with Gasteiger partial charge in [0.2, 0.25) is 5.78 Å². The molecule has 0 fully saturated rings. The first-order valence-corrected chi connectivity index (χ1v) is 14.5. The smallest absolute Gasteiger partial charge is 0.341 e. The van der Waals surface area contributed by atoms with Gasteiger partial charge in [0.15, 0.2) is 11.5 Å². The van der Waals surface area contributed by atoms with E-state index < -0.39 is 11.9 Å². The molecule has 0 spiro atoms. The Morgan fingerprint density at radius 1 is 0.733 bits per heavy atom. The molecule has 0 aliphatic heterocycles. The number of nitrogens with zero attached hydrogens (tertiary/aromatic N) is 4. The van der Waals surface area contributed by atoms with E-state index in [1.807, 2.05) is 78.9 Å². The third-order valence-corrected chi connectivity index (χ3v) is 7.93. The molecule has 45 heavy (non-hydrogen) atoms. The molecular formula is C37H26N4O4. The number of hydrogen-bond donors (Lipinski definition) is 0. The molecule has 5 aromatic carbocycles. The molecular weight excluding hydrogens is 564 g/mol. The minimum absolute atomic E-state index is 0.0190. The van der Waals surface area contributed by atoms with Crippen LogP contribution >= 0.6 is 0 Å². The number of ketones is 2. The van der Waals surface area contributed by atoms with Crippen LogP contribution in [0.15, 0.2) is 133 Å². The molecule has 0 saturated heterocycles. The first-order valence-electron chi connectivity index (χ1n) is 14.5. The number of carbonyl (C=O) groups excluding carboxylic acids is 3. The van der Waals surface area contributed by atoms with Gasteiger partial charge in [-0.2, -0.15) is 0 Å². The summed E-state index contributed by atoms with van der Waals surface area (Å²) in [5.74, 6) is -0.488. The number of aromatic nitrogens is 3.